The number of ether oxygens (including phenoxy) is 1. The Morgan fingerprint density at radius 1 is 1.39 bits per heavy atom. The number of hydrogen-bond acceptors (Lipinski definition) is 4. The minimum absolute atomic E-state index is 0.148. The lowest BCUT2D eigenvalue weighted by molar-refractivity contribution is -0.134. The van der Waals surface area contributed by atoms with Gasteiger partial charge in [-0.2, -0.15) is 5.10 Å². The maximum absolute atomic E-state index is 12.7. The van der Waals surface area contributed by atoms with Crippen LogP contribution in [0.2, 0.25) is 0 Å². The molecule has 1 saturated carbocycles. The standard InChI is InChI=1S/C17H28N4O2/c1-19-7-8-23-16(12-19)13-21(11-14-3-4-14)17(22)6-5-15-9-18-20(2)10-15/h9-10,14,16H,3-8,11-13H2,1-2H3. The van der Waals surface area contributed by atoms with E-state index in [1.807, 2.05) is 24.3 Å². The molecule has 2 fully saturated rings. The van der Waals surface area contributed by atoms with Gasteiger partial charge in [-0.25, -0.2) is 0 Å². The minimum Gasteiger partial charge on any atom is -0.374 e. The summed E-state index contributed by atoms with van der Waals surface area (Å²) >= 11 is 0. The van der Waals surface area contributed by atoms with Crippen molar-refractivity contribution >= 4 is 5.91 Å². The largest absolute Gasteiger partial charge is 0.374 e. The number of carbonyl (C=O) groups is 1. The van der Waals surface area contributed by atoms with Crippen molar-refractivity contribution in [2.75, 3.05) is 39.8 Å². The van der Waals surface area contributed by atoms with Crippen molar-refractivity contribution in [1.29, 1.82) is 0 Å². The second kappa shape index (κ2) is 7.45. The van der Waals surface area contributed by atoms with Crippen LogP contribution in [0.3, 0.4) is 0 Å². The lowest BCUT2D eigenvalue weighted by Crippen LogP contribution is -2.48. The predicted molar refractivity (Wildman–Crippen MR) is 88.1 cm³/mol. The lowest BCUT2D eigenvalue weighted by Gasteiger charge is -2.34. The first-order valence-electron chi connectivity index (χ1n) is 8.65. The fraction of sp³-hybridized carbons (Fsp3) is 0.765. The van der Waals surface area contributed by atoms with Gasteiger partial charge in [0.25, 0.3) is 0 Å². The Morgan fingerprint density at radius 2 is 2.22 bits per heavy atom. The SMILES string of the molecule is CN1CCOC(CN(CC2CC2)C(=O)CCc2cnn(C)c2)C1. The summed E-state index contributed by atoms with van der Waals surface area (Å²) < 4.78 is 7.63. The van der Waals surface area contributed by atoms with E-state index in [0.717, 1.165) is 44.8 Å². The second-order valence-corrected chi connectivity index (χ2v) is 7.02. The number of likely N-dealkylation sites (N-methyl/N-ethyl adjacent to an activating group) is 1. The summed E-state index contributed by atoms with van der Waals surface area (Å²) in [5.74, 6) is 0.955. The van der Waals surface area contributed by atoms with E-state index in [1.54, 1.807) is 4.68 Å². The quantitative estimate of drug-likeness (QED) is 0.750. The highest BCUT2D eigenvalue weighted by Gasteiger charge is 2.29. The number of amides is 1. The predicted octanol–water partition coefficient (Wildman–Crippen LogP) is 0.922. The lowest BCUT2D eigenvalue weighted by atomic mass is 10.1. The van der Waals surface area contributed by atoms with Crippen molar-refractivity contribution in [1.82, 2.24) is 19.6 Å². The zero-order valence-corrected chi connectivity index (χ0v) is 14.3. The van der Waals surface area contributed by atoms with Crippen LogP contribution < -0.4 is 0 Å². The van der Waals surface area contributed by atoms with Crippen LogP contribution in [0.15, 0.2) is 12.4 Å². The van der Waals surface area contributed by atoms with Gasteiger partial charge in [-0.05, 0) is 37.8 Å². The minimum atomic E-state index is 0.148. The summed E-state index contributed by atoms with van der Waals surface area (Å²) in [6, 6.07) is 0. The molecule has 0 aromatic carbocycles. The van der Waals surface area contributed by atoms with Gasteiger partial charge in [0, 0.05) is 45.8 Å². The Kier molecular flexibility index (Phi) is 5.33. The molecular formula is C17H28N4O2. The number of carbonyl (C=O) groups excluding carboxylic acids is 1. The van der Waals surface area contributed by atoms with Gasteiger partial charge in [0.15, 0.2) is 0 Å². The van der Waals surface area contributed by atoms with Gasteiger partial charge >= 0.3 is 0 Å². The van der Waals surface area contributed by atoms with Gasteiger partial charge < -0.3 is 14.5 Å². The van der Waals surface area contributed by atoms with Crippen LogP contribution in [0.4, 0.5) is 0 Å². The molecule has 1 amide bonds. The van der Waals surface area contributed by atoms with Crippen LogP contribution in [-0.2, 0) is 23.0 Å². The van der Waals surface area contributed by atoms with Gasteiger partial charge in [0.1, 0.15) is 0 Å². The molecule has 1 saturated heterocycles. The van der Waals surface area contributed by atoms with Gasteiger partial charge in [-0.15, -0.1) is 0 Å². The molecule has 2 aliphatic rings. The van der Waals surface area contributed by atoms with Crippen LogP contribution in [0.1, 0.15) is 24.8 Å². The van der Waals surface area contributed by atoms with Crippen molar-refractivity contribution in [3.63, 3.8) is 0 Å². The van der Waals surface area contributed by atoms with E-state index >= 15 is 0 Å². The van der Waals surface area contributed by atoms with Crippen molar-refractivity contribution in [3.05, 3.63) is 18.0 Å². The fourth-order valence-electron chi connectivity index (χ4n) is 3.12. The highest BCUT2D eigenvalue weighted by Crippen LogP contribution is 2.30. The first-order valence-corrected chi connectivity index (χ1v) is 8.65. The maximum atomic E-state index is 12.7. The molecule has 6 heteroatoms. The molecule has 0 spiro atoms. The van der Waals surface area contributed by atoms with E-state index < -0.39 is 0 Å². The van der Waals surface area contributed by atoms with Crippen LogP contribution in [-0.4, -0.2) is 71.4 Å². The number of morpholine rings is 1. The Labute approximate surface area is 138 Å². The zero-order chi connectivity index (χ0) is 16.2. The molecule has 1 aliphatic heterocycles. The Balaban J connectivity index is 1.52. The smallest absolute Gasteiger partial charge is 0.223 e. The van der Waals surface area contributed by atoms with E-state index in [1.165, 1.54) is 12.8 Å². The average molecular weight is 320 g/mol. The molecule has 0 N–H and O–H groups in total. The number of hydrogen-bond donors (Lipinski definition) is 0. The van der Waals surface area contributed by atoms with E-state index in [9.17, 15) is 4.79 Å². The van der Waals surface area contributed by atoms with Gasteiger partial charge in [-0.3, -0.25) is 9.48 Å². The molecule has 128 valence electrons. The zero-order valence-electron chi connectivity index (χ0n) is 14.3. The normalized spacial score (nSPS) is 22.3. The molecule has 0 radical (unpaired) electrons. The van der Waals surface area contributed by atoms with Crippen molar-refractivity contribution in [2.24, 2.45) is 13.0 Å². The van der Waals surface area contributed by atoms with E-state index in [-0.39, 0.29) is 12.0 Å². The van der Waals surface area contributed by atoms with Gasteiger partial charge in [0.2, 0.25) is 5.91 Å². The van der Waals surface area contributed by atoms with E-state index in [4.69, 9.17) is 4.74 Å². The van der Waals surface area contributed by atoms with Crippen LogP contribution in [0, 0.1) is 5.92 Å². The van der Waals surface area contributed by atoms with Gasteiger partial charge in [-0.1, -0.05) is 0 Å². The third-order valence-electron chi connectivity index (χ3n) is 4.68. The maximum Gasteiger partial charge on any atom is 0.223 e. The Hall–Kier alpha value is -1.40. The fourth-order valence-corrected chi connectivity index (χ4v) is 3.12. The van der Waals surface area contributed by atoms with Crippen molar-refractivity contribution in [3.8, 4) is 0 Å². The third-order valence-corrected chi connectivity index (χ3v) is 4.68. The summed E-state index contributed by atoms with van der Waals surface area (Å²) in [4.78, 5) is 17.0. The first kappa shape index (κ1) is 16.5. The highest BCUT2D eigenvalue weighted by molar-refractivity contribution is 5.76. The molecule has 1 unspecified atom stereocenters. The van der Waals surface area contributed by atoms with Crippen LogP contribution >= 0.6 is 0 Å². The molecule has 1 atom stereocenters. The molecule has 2 heterocycles. The van der Waals surface area contributed by atoms with E-state index in [0.29, 0.717) is 12.3 Å². The topological polar surface area (TPSA) is 50.6 Å². The summed E-state index contributed by atoms with van der Waals surface area (Å²) in [7, 11) is 4.02. The molecule has 23 heavy (non-hydrogen) atoms. The van der Waals surface area contributed by atoms with E-state index in [2.05, 4.69) is 17.0 Å². The highest BCUT2D eigenvalue weighted by atomic mass is 16.5. The summed E-state index contributed by atoms with van der Waals surface area (Å²) in [6.07, 6.45) is 7.82. The Bertz CT molecular complexity index is 526. The molecule has 3 rings (SSSR count). The summed E-state index contributed by atoms with van der Waals surface area (Å²) in [5, 5.41) is 4.17. The number of rotatable bonds is 7. The molecule has 0 bridgehead atoms. The Morgan fingerprint density at radius 3 is 2.87 bits per heavy atom. The first-order chi connectivity index (χ1) is 11.1. The van der Waals surface area contributed by atoms with Crippen molar-refractivity contribution in [2.45, 2.75) is 31.8 Å². The second-order valence-electron chi connectivity index (χ2n) is 7.02. The molecule has 1 aromatic heterocycles. The average Bonchev–Trinajstić information content (AvgIpc) is 3.24. The molecule has 1 aliphatic carbocycles. The number of nitrogens with zero attached hydrogens (tertiary/aromatic N) is 4. The van der Waals surface area contributed by atoms with Gasteiger partial charge in [0.05, 0.1) is 18.9 Å². The molecular weight excluding hydrogens is 292 g/mol. The monoisotopic (exact) mass is 320 g/mol. The van der Waals surface area contributed by atoms with Crippen molar-refractivity contribution < 1.29 is 9.53 Å². The number of aryl methyl sites for hydroxylation is 2. The molecule has 6 nitrogen and oxygen atoms in total. The summed E-state index contributed by atoms with van der Waals surface area (Å²) in [5.41, 5.74) is 1.13. The molecule has 1 aromatic rings. The number of aromatic nitrogens is 2. The third kappa shape index (κ3) is 5.04. The summed E-state index contributed by atoms with van der Waals surface area (Å²) in [6.45, 7) is 4.29. The van der Waals surface area contributed by atoms with Crippen LogP contribution in [0.5, 0.6) is 0 Å². The van der Waals surface area contributed by atoms with Crippen LogP contribution in [0.25, 0.3) is 0 Å².